The van der Waals surface area contributed by atoms with Crippen LogP contribution in [0.2, 0.25) is 0 Å². The Labute approximate surface area is 138 Å². The fourth-order valence-corrected chi connectivity index (χ4v) is 3.27. The predicted octanol–water partition coefficient (Wildman–Crippen LogP) is 2.56. The third-order valence-corrected chi connectivity index (χ3v) is 5.21. The Morgan fingerprint density at radius 3 is 2.50 bits per heavy atom. The van der Waals surface area contributed by atoms with Crippen molar-refractivity contribution in [3.63, 3.8) is 0 Å². The van der Waals surface area contributed by atoms with E-state index in [4.69, 9.17) is 4.74 Å². The first-order chi connectivity index (χ1) is 11.3. The van der Waals surface area contributed by atoms with E-state index in [1.165, 1.54) is 44.5 Å². The topological polar surface area (TPSA) is 89.8 Å². The second kappa shape index (κ2) is 6.93. The minimum absolute atomic E-state index is 0.0456. The zero-order valence-electron chi connectivity index (χ0n) is 13.0. The number of hydrogen-bond acceptors (Lipinski definition) is 5. The largest absolute Gasteiger partial charge is 0.490 e. The average Bonchev–Trinajstić information content (AvgIpc) is 2.56. The van der Waals surface area contributed by atoms with Gasteiger partial charge in [-0.2, -0.15) is 4.31 Å². The molecule has 0 heterocycles. The zero-order chi connectivity index (χ0) is 17.9. The highest BCUT2D eigenvalue weighted by Crippen LogP contribution is 2.30. The molecular weight excluding hydrogens is 339 g/mol. The molecule has 0 aliphatic heterocycles. The summed E-state index contributed by atoms with van der Waals surface area (Å²) in [6, 6.07) is 9.14. The van der Waals surface area contributed by atoms with Gasteiger partial charge in [0.2, 0.25) is 10.0 Å². The van der Waals surface area contributed by atoms with Gasteiger partial charge >= 0.3 is 5.69 Å². The molecule has 0 amide bonds. The molecule has 0 radical (unpaired) electrons. The van der Waals surface area contributed by atoms with E-state index >= 15 is 0 Å². The zero-order valence-corrected chi connectivity index (χ0v) is 13.8. The van der Waals surface area contributed by atoms with Crippen LogP contribution in [0.3, 0.4) is 0 Å². The minimum Gasteiger partial charge on any atom is -0.490 e. The minimum atomic E-state index is -4.03. The number of methoxy groups -OCH3 is 1. The van der Waals surface area contributed by atoms with E-state index in [0.717, 1.165) is 10.4 Å². The molecule has 0 saturated carbocycles. The summed E-state index contributed by atoms with van der Waals surface area (Å²) < 4.78 is 44.6. The van der Waals surface area contributed by atoms with Crippen LogP contribution in [-0.4, -0.2) is 31.8 Å². The second-order valence-corrected chi connectivity index (χ2v) is 6.99. The number of rotatable bonds is 6. The van der Waals surface area contributed by atoms with Crippen molar-refractivity contribution < 1.29 is 22.5 Å². The number of nitro groups is 1. The van der Waals surface area contributed by atoms with E-state index < -0.39 is 26.5 Å². The van der Waals surface area contributed by atoms with Gasteiger partial charge in [0.25, 0.3) is 0 Å². The summed E-state index contributed by atoms with van der Waals surface area (Å²) >= 11 is 0. The third-order valence-electron chi connectivity index (χ3n) is 3.41. The van der Waals surface area contributed by atoms with Crippen LogP contribution >= 0.6 is 0 Å². The predicted molar refractivity (Wildman–Crippen MR) is 84.7 cm³/mol. The number of nitrogens with zero attached hydrogens (tertiary/aromatic N) is 2. The van der Waals surface area contributed by atoms with Gasteiger partial charge in [-0.05, 0) is 18.2 Å². The fraction of sp³-hybridized carbons (Fsp3) is 0.200. The van der Waals surface area contributed by atoms with Gasteiger partial charge in [0.15, 0.2) is 5.75 Å². The summed E-state index contributed by atoms with van der Waals surface area (Å²) in [5.74, 6) is -0.573. The molecule has 0 bridgehead atoms. The Morgan fingerprint density at radius 2 is 1.92 bits per heavy atom. The van der Waals surface area contributed by atoms with Crippen LogP contribution < -0.4 is 4.74 Å². The Balaban J connectivity index is 2.38. The summed E-state index contributed by atoms with van der Waals surface area (Å²) in [7, 11) is -1.50. The first-order valence-corrected chi connectivity index (χ1v) is 8.23. The number of nitro benzene ring substituents is 1. The Kier molecular flexibility index (Phi) is 5.15. The Morgan fingerprint density at radius 1 is 1.25 bits per heavy atom. The number of sulfonamides is 1. The molecule has 0 aromatic heterocycles. The van der Waals surface area contributed by atoms with Crippen LogP contribution in [0.5, 0.6) is 5.75 Å². The second-order valence-electron chi connectivity index (χ2n) is 4.94. The Hall–Kier alpha value is -2.52. The van der Waals surface area contributed by atoms with Gasteiger partial charge in [-0.15, -0.1) is 0 Å². The van der Waals surface area contributed by atoms with Crippen molar-refractivity contribution in [3.8, 4) is 5.75 Å². The summed E-state index contributed by atoms with van der Waals surface area (Å²) in [6.45, 7) is -0.200. The van der Waals surface area contributed by atoms with Crippen molar-refractivity contribution in [2.24, 2.45) is 0 Å². The molecule has 2 rings (SSSR count). The average molecular weight is 354 g/mol. The van der Waals surface area contributed by atoms with Crippen molar-refractivity contribution in [2.75, 3.05) is 14.2 Å². The molecule has 128 valence electrons. The van der Waals surface area contributed by atoms with E-state index in [-0.39, 0.29) is 22.8 Å². The number of halogens is 1. The highest BCUT2D eigenvalue weighted by atomic mass is 32.2. The lowest BCUT2D eigenvalue weighted by Gasteiger charge is -2.17. The molecule has 9 heteroatoms. The maximum atomic E-state index is 13.7. The normalized spacial score (nSPS) is 11.5. The first-order valence-electron chi connectivity index (χ1n) is 6.79. The quantitative estimate of drug-likeness (QED) is 0.587. The summed E-state index contributed by atoms with van der Waals surface area (Å²) in [5, 5.41) is 11.0. The van der Waals surface area contributed by atoms with Gasteiger partial charge < -0.3 is 4.74 Å². The molecule has 0 aliphatic rings. The SMILES string of the molecule is COc1ccc(S(=O)(=O)N(C)Cc2ccccc2F)cc1[N+](=O)[O-]. The monoisotopic (exact) mass is 354 g/mol. The summed E-state index contributed by atoms with van der Waals surface area (Å²) in [6.07, 6.45) is 0. The molecule has 0 saturated heterocycles. The highest BCUT2D eigenvalue weighted by Gasteiger charge is 2.26. The van der Waals surface area contributed by atoms with Crippen LogP contribution in [0.15, 0.2) is 47.4 Å². The molecule has 2 aromatic carbocycles. The number of hydrogen-bond donors (Lipinski definition) is 0. The maximum Gasteiger partial charge on any atom is 0.312 e. The van der Waals surface area contributed by atoms with Crippen LogP contribution in [0.25, 0.3) is 0 Å². The fourth-order valence-electron chi connectivity index (χ4n) is 2.10. The van der Waals surface area contributed by atoms with Gasteiger partial charge in [-0.1, -0.05) is 18.2 Å². The highest BCUT2D eigenvalue weighted by molar-refractivity contribution is 7.89. The van der Waals surface area contributed by atoms with Crippen LogP contribution in [0.1, 0.15) is 5.56 Å². The lowest BCUT2D eigenvalue weighted by atomic mass is 10.2. The van der Waals surface area contributed by atoms with Crippen LogP contribution in [0, 0.1) is 15.9 Å². The molecule has 0 aliphatic carbocycles. The van der Waals surface area contributed by atoms with E-state index in [2.05, 4.69) is 0 Å². The van der Waals surface area contributed by atoms with Crippen molar-refractivity contribution in [3.05, 3.63) is 64.0 Å². The Bertz CT molecular complexity index is 870. The van der Waals surface area contributed by atoms with Gasteiger partial charge in [0.1, 0.15) is 5.82 Å². The third kappa shape index (κ3) is 3.52. The lowest BCUT2D eigenvalue weighted by molar-refractivity contribution is -0.386. The van der Waals surface area contributed by atoms with Crippen LogP contribution in [0.4, 0.5) is 10.1 Å². The van der Waals surface area contributed by atoms with Crippen molar-refractivity contribution in [1.82, 2.24) is 4.31 Å². The standard InChI is InChI=1S/C15H15FN2O5S/c1-17(10-11-5-3-4-6-13(11)16)24(21,22)12-7-8-15(23-2)14(9-12)18(19)20/h3-9H,10H2,1-2H3. The van der Waals surface area contributed by atoms with E-state index in [9.17, 15) is 22.9 Å². The molecule has 0 atom stereocenters. The van der Waals surface area contributed by atoms with Gasteiger partial charge in [-0.25, -0.2) is 12.8 Å². The van der Waals surface area contributed by atoms with Crippen LogP contribution in [-0.2, 0) is 16.6 Å². The maximum absolute atomic E-state index is 13.7. The molecule has 0 spiro atoms. The molecule has 24 heavy (non-hydrogen) atoms. The molecule has 0 unspecified atom stereocenters. The first kappa shape index (κ1) is 17.8. The lowest BCUT2D eigenvalue weighted by Crippen LogP contribution is -2.27. The van der Waals surface area contributed by atoms with E-state index in [1.54, 1.807) is 6.07 Å². The summed E-state index contributed by atoms with van der Waals surface area (Å²) in [5.41, 5.74) is -0.260. The molecule has 0 N–H and O–H groups in total. The van der Waals surface area contributed by atoms with Crippen molar-refractivity contribution in [1.29, 1.82) is 0 Å². The van der Waals surface area contributed by atoms with Gasteiger partial charge in [0.05, 0.1) is 16.9 Å². The molecule has 7 nitrogen and oxygen atoms in total. The van der Waals surface area contributed by atoms with Crippen molar-refractivity contribution in [2.45, 2.75) is 11.4 Å². The number of ether oxygens (including phenoxy) is 1. The van der Waals surface area contributed by atoms with E-state index in [0.29, 0.717) is 0 Å². The smallest absolute Gasteiger partial charge is 0.312 e. The molecule has 2 aromatic rings. The molecular formula is C15H15FN2O5S. The summed E-state index contributed by atoms with van der Waals surface area (Å²) in [4.78, 5) is 10.0. The molecule has 0 fully saturated rings. The van der Waals surface area contributed by atoms with Gasteiger partial charge in [-0.3, -0.25) is 10.1 Å². The van der Waals surface area contributed by atoms with Gasteiger partial charge in [0, 0.05) is 25.2 Å². The van der Waals surface area contributed by atoms with Crippen molar-refractivity contribution >= 4 is 15.7 Å². The number of benzene rings is 2. The van der Waals surface area contributed by atoms with E-state index in [1.807, 2.05) is 0 Å².